The number of nitrogens with zero attached hydrogens (tertiary/aromatic N) is 2. The van der Waals surface area contributed by atoms with Crippen LogP contribution in [0.2, 0.25) is 5.02 Å². The van der Waals surface area contributed by atoms with E-state index >= 15 is 0 Å². The molecule has 56 heavy (non-hydrogen) atoms. The molecule has 5 aromatic rings. The summed E-state index contributed by atoms with van der Waals surface area (Å²) in [6.07, 6.45) is 7.94. The Kier molecular flexibility index (Phi) is 14.8. The van der Waals surface area contributed by atoms with E-state index in [9.17, 15) is 24.6 Å². The third kappa shape index (κ3) is 11.7. The molecule has 0 fully saturated rings. The molecule has 0 aliphatic heterocycles. The Morgan fingerprint density at radius 3 is 2.05 bits per heavy atom. The zero-order valence-electron chi connectivity index (χ0n) is 32.1. The number of nitrogens with one attached hydrogen (secondary N) is 2. The SMILES string of the molecule is CCCCCCCOc1ccc(-c2cnc(-c3ccc(CC(NC(=O)c4ccc(C(C)(C)C)s4)C(=O)NC(C(=O)O)C(O)c4ccc(Cl)cc4)cc3)nc2)cc1. The van der Waals surface area contributed by atoms with Gasteiger partial charge in [0.05, 0.1) is 11.5 Å². The molecule has 5 rings (SSSR count). The van der Waals surface area contributed by atoms with Gasteiger partial charge in [0.1, 0.15) is 17.9 Å². The van der Waals surface area contributed by atoms with Crippen LogP contribution in [0.15, 0.2) is 97.3 Å². The molecular weight excluding hydrogens is 748 g/mol. The maximum absolute atomic E-state index is 13.8. The summed E-state index contributed by atoms with van der Waals surface area (Å²) in [6.45, 7) is 9.05. The summed E-state index contributed by atoms with van der Waals surface area (Å²) in [6, 6.07) is 21.9. The second-order valence-corrected chi connectivity index (χ2v) is 16.3. The van der Waals surface area contributed by atoms with Crippen LogP contribution < -0.4 is 15.4 Å². The number of ether oxygens (including phenoxy) is 1. The molecule has 4 N–H and O–H groups in total. The standard InChI is InChI=1S/C44H49ClN4O6S/c1-5-6-7-8-9-24-55-34-20-16-29(17-21-34)32-26-46-40(47-27-32)31-12-10-28(11-13-31)25-35(48-42(52)36-22-23-37(56-36)44(2,3)4)41(51)49-38(43(53)54)39(50)30-14-18-33(45)19-15-30/h10-23,26-27,35,38-39,50H,5-9,24-25H2,1-4H3,(H,48,52)(H,49,51)(H,53,54). The van der Waals surface area contributed by atoms with E-state index in [1.54, 1.807) is 18.5 Å². The maximum atomic E-state index is 13.8. The van der Waals surface area contributed by atoms with Gasteiger partial charge in [0.15, 0.2) is 11.9 Å². The number of aliphatic hydroxyl groups is 1. The zero-order chi connectivity index (χ0) is 40.2. The summed E-state index contributed by atoms with van der Waals surface area (Å²) < 4.78 is 5.90. The quantitative estimate of drug-likeness (QED) is 0.0643. The van der Waals surface area contributed by atoms with E-state index in [1.165, 1.54) is 61.3 Å². The van der Waals surface area contributed by atoms with Crippen molar-refractivity contribution in [1.82, 2.24) is 20.6 Å². The van der Waals surface area contributed by atoms with Crippen molar-refractivity contribution in [3.05, 3.63) is 123 Å². The zero-order valence-corrected chi connectivity index (χ0v) is 33.7. The van der Waals surface area contributed by atoms with E-state index in [1.807, 2.05) is 75.4 Å². The van der Waals surface area contributed by atoms with Gasteiger partial charge in [-0.1, -0.05) is 114 Å². The predicted molar refractivity (Wildman–Crippen MR) is 221 cm³/mol. The van der Waals surface area contributed by atoms with Gasteiger partial charge in [-0.2, -0.15) is 0 Å². The highest BCUT2D eigenvalue weighted by atomic mass is 35.5. The number of thiophene rings is 1. The maximum Gasteiger partial charge on any atom is 0.329 e. The molecule has 2 heterocycles. The van der Waals surface area contributed by atoms with Gasteiger partial charge >= 0.3 is 5.97 Å². The van der Waals surface area contributed by atoms with Crippen LogP contribution in [-0.4, -0.2) is 56.7 Å². The Hall–Kier alpha value is -5.10. The van der Waals surface area contributed by atoms with E-state index in [0.29, 0.717) is 27.9 Å². The van der Waals surface area contributed by atoms with Crippen LogP contribution in [0.4, 0.5) is 0 Å². The number of carboxylic acids is 1. The number of amides is 2. The monoisotopic (exact) mass is 796 g/mol. The van der Waals surface area contributed by atoms with Gasteiger partial charge in [0.25, 0.3) is 5.91 Å². The first-order valence-electron chi connectivity index (χ1n) is 18.8. The van der Waals surface area contributed by atoms with Crippen LogP contribution in [0.25, 0.3) is 22.5 Å². The third-order valence-corrected chi connectivity index (χ3v) is 11.1. The molecule has 0 aliphatic rings. The second kappa shape index (κ2) is 19.7. The van der Waals surface area contributed by atoms with Crippen molar-refractivity contribution < 1.29 is 29.3 Å². The number of halogens is 1. The van der Waals surface area contributed by atoms with Crippen molar-refractivity contribution in [2.75, 3.05) is 6.61 Å². The fourth-order valence-electron chi connectivity index (χ4n) is 5.97. The van der Waals surface area contributed by atoms with Crippen molar-refractivity contribution in [1.29, 1.82) is 0 Å². The van der Waals surface area contributed by atoms with E-state index in [4.69, 9.17) is 16.3 Å². The minimum atomic E-state index is -1.70. The lowest BCUT2D eigenvalue weighted by molar-refractivity contribution is -0.145. The number of unbranched alkanes of at least 4 members (excludes halogenated alkanes) is 4. The largest absolute Gasteiger partial charge is 0.494 e. The highest BCUT2D eigenvalue weighted by Crippen LogP contribution is 2.30. The molecule has 0 aliphatic carbocycles. The number of hydrogen-bond donors (Lipinski definition) is 4. The Morgan fingerprint density at radius 1 is 0.804 bits per heavy atom. The molecule has 2 amide bonds. The van der Waals surface area contributed by atoms with Gasteiger partial charge in [0, 0.05) is 39.8 Å². The average Bonchev–Trinajstić information content (AvgIpc) is 3.71. The summed E-state index contributed by atoms with van der Waals surface area (Å²) in [5, 5.41) is 26.6. The number of benzene rings is 3. The molecule has 10 nitrogen and oxygen atoms in total. The highest BCUT2D eigenvalue weighted by molar-refractivity contribution is 7.14. The van der Waals surface area contributed by atoms with Gasteiger partial charge in [0.2, 0.25) is 5.91 Å². The molecule has 12 heteroatoms. The number of carbonyl (C=O) groups is 3. The molecule has 0 bridgehead atoms. The van der Waals surface area contributed by atoms with E-state index in [0.717, 1.165) is 33.7 Å². The summed E-state index contributed by atoms with van der Waals surface area (Å²) in [5.41, 5.74) is 3.36. The second-order valence-electron chi connectivity index (χ2n) is 14.7. The number of rotatable bonds is 18. The van der Waals surface area contributed by atoms with Crippen LogP contribution >= 0.6 is 22.9 Å². The number of carbonyl (C=O) groups excluding carboxylic acids is 2. The highest BCUT2D eigenvalue weighted by Gasteiger charge is 2.33. The third-order valence-electron chi connectivity index (χ3n) is 9.29. The molecule has 3 aromatic carbocycles. The van der Waals surface area contributed by atoms with Crippen LogP contribution in [0.5, 0.6) is 5.75 Å². The molecule has 0 spiro atoms. The lowest BCUT2D eigenvalue weighted by Crippen LogP contribution is -2.54. The Morgan fingerprint density at radius 2 is 1.45 bits per heavy atom. The first kappa shape index (κ1) is 42.1. The first-order valence-corrected chi connectivity index (χ1v) is 20.0. The van der Waals surface area contributed by atoms with Crippen molar-refractivity contribution in [3.63, 3.8) is 0 Å². The molecule has 3 unspecified atom stereocenters. The van der Waals surface area contributed by atoms with Gasteiger partial charge in [-0.25, -0.2) is 14.8 Å². The van der Waals surface area contributed by atoms with Crippen molar-refractivity contribution in [2.24, 2.45) is 0 Å². The average molecular weight is 797 g/mol. The molecule has 3 atom stereocenters. The van der Waals surface area contributed by atoms with Gasteiger partial charge in [-0.15, -0.1) is 11.3 Å². The van der Waals surface area contributed by atoms with Gasteiger partial charge < -0.3 is 25.6 Å². The molecule has 0 radical (unpaired) electrons. The van der Waals surface area contributed by atoms with Gasteiger partial charge in [-0.05, 0) is 64.9 Å². The summed E-state index contributed by atoms with van der Waals surface area (Å²) in [7, 11) is 0. The van der Waals surface area contributed by atoms with Crippen LogP contribution in [0.3, 0.4) is 0 Å². The fraction of sp³-hybridized carbons (Fsp3) is 0.341. The van der Waals surface area contributed by atoms with Crippen molar-refractivity contribution in [2.45, 2.75) is 89.8 Å². The minimum Gasteiger partial charge on any atom is -0.494 e. The molecule has 294 valence electrons. The Balaban J connectivity index is 1.28. The normalized spacial score (nSPS) is 13.0. The van der Waals surface area contributed by atoms with E-state index in [-0.39, 0.29) is 17.4 Å². The summed E-state index contributed by atoms with van der Waals surface area (Å²) >= 11 is 7.30. The first-order chi connectivity index (χ1) is 26.8. The lowest BCUT2D eigenvalue weighted by atomic mass is 9.95. The Labute approximate surface area is 337 Å². The fourth-order valence-corrected chi connectivity index (χ4v) is 7.07. The predicted octanol–water partition coefficient (Wildman–Crippen LogP) is 8.82. The van der Waals surface area contributed by atoms with E-state index in [2.05, 4.69) is 27.5 Å². The molecule has 0 saturated carbocycles. The lowest BCUT2D eigenvalue weighted by Gasteiger charge is -2.24. The molecule has 0 saturated heterocycles. The van der Waals surface area contributed by atoms with E-state index < -0.39 is 36.0 Å². The smallest absolute Gasteiger partial charge is 0.329 e. The Bertz CT molecular complexity index is 2050. The molecular formula is C44H49ClN4O6S. The van der Waals surface area contributed by atoms with Gasteiger partial charge in [-0.3, -0.25) is 9.59 Å². The van der Waals surface area contributed by atoms with Crippen LogP contribution in [0, 0.1) is 0 Å². The number of aromatic nitrogens is 2. The minimum absolute atomic E-state index is 0.0388. The van der Waals surface area contributed by atoms with Crippen molar-refractivity contribution in [3.8, 4) is 28.3 Å². The summed E-state index contributed by atoms with van der Waals surface area (Å²) in [5.74, 6) is -1.33. The topological polar surface area (TPSA) is 151 Å². The number of aliphatic carboxylic acids is 1. The number of aliphatic hydroxyl groups excluding tert-OH is 1. The molecule has 2 aromatic heterocycles. The number of carboxylic acid groups (broad SMARTS) is 1. The number of hydrogen-bond acceptors (Lipinski definition) is 8. The van der Waals surface area contributed by atoms with Crippen LogP contribution in [-0.2, 0) is 21.4 Å². The van der Waals surface area contributed by atoms with Crippen LogP contribution in [0.1, 0.15) is 91.6 Å². The summed E-state index contributed by atoms with van der Waals surface area (Å²) in [4.78, 5) is 50.2. The van der Waals surface area contributed by atoms with Crippen molar-refractivity contribution >= 4 is 40.7 Å².